The Labute approximate surface area is 121 Å². The minimum Gasteiger partial charge on any atom is -0.490 e. The van der Waals surface area contributed by atoms with Crippen LogP contribution >= 0.6 is 15.9 Å². The number of ether oxygens (including phenoxy) is 1. The predicted molar refractivity (Wildman–Crippen MR) is 80.3 cm³/mol. The second-order valence-corrected chi connectivity index (χ2v) is 5.74. The van der Waals surface area contributed by atoms with Crippen molar-refractivity contribution in [2.45, 2.75) is 25.0 Å². The highest BCUT2D eigenvalue weighted by atomic mass is 79.9. The molecule has 1 fully saturated rings. The summed E-state index contributed by atoms with van der Waals surface area (Å²) >= 11 is 3.54. The van der Waals surface area contributed by atoms with E-state index in [2.05, 4.69) is 15.9 Å². The lowest BCUT2D eigenvalue weighted by Gasteiger charge is -2.15. The van der Waals surface area contributed by atoms with Gasteiger partial charge in [-0.3, -0.25) is 0 Å². The van der Waals surface area contributed by atoms with Crippen molar-refractivity contribution in [3.63, 3.8) is 0 Å². The number of hydrogen-bond acceptors (Lipinski definition) is 2. The van der Waals surface area contributed by atoms with E-state index in [9.17, 15) is 0 Å². The topological polar surface area (TPSA) is 35.2 Å². The minimum atomic E-state index is -0.120. The van der Waals surface area contributed by atoms with Gasteiger partial charge in [-0.15, -0.1) is 0 Å². The summed E-state index contributed by atoms with van der Waals surface area (Å²) in [7, 11) is 0. The summed E-state index contributed by atoms with van der Waals surface area (Å²) in [5.41, 5.74) is 8.50. The fourth-order valence-corrected chi connectivity index (χ4v) is 2.57. The molecule has 2 aromatic carbocycles. The van der Waals surface area contributed by atoms with Crippen molar-refractivity contribution in [3.8, 4) is 5.75 Å². The van der Waals surface area contributed by atoms with Crippen molar-refractivity contribution in [2.75, 3.05) is 0 Å². The lowest BCUT2D eigenvalue weighted by atomic mass is 10.00. The second kappa shape index (κ2) is 5.35. The molecule has 19 heavy (non-hydrogen) atoms. The quantitative estimate of drug-likeness (QED) is 0.923. The molecule has 2 N–H and O–H groups in total. The van der Waals surface area contributed by atoms with E-state index in [1.807, 2.05) is 48.5 Å². The normalized spacial score (nSPS) is 16.1. The minimum absolute atomic E-state index is 0.120. The molecule has 3 heteroatoms. The van der Waals surface area contributed by atoms with Gasteiger partial charge in [0.25, 0.3) is 0 Å². The van der Waals surface area contributed by atoms with Crippen LogP contribution < -0.4 is 10.5 Å². The summed E-state index contributed by atoms with van der Waals surface area (Å²) in [4.78, 5) is 0. The Hall–Kier alpha value is -1.32. The smallest absolute Gasteiger partial charge is 0.119 e. The van der Waals surface area contributed by atoms with Crippen LogP contribution in [0.2, 0.25) is 0 Å². The molecular weight excluding hydrogens is 302 g/mol. The van der Waals surface area contributed by atoms with Gasteiger partial charge in [0.15, 0.2) is 0 Å². The van der Waals surface area contributed by atoms with Gasteiger partial charge in [-0.05, 0) is 42.2 Å². The first-order chi connectivity index (χ1) is 9.24. The molecule has 0 aromatic heterocycles. The highest BCUT2D eigenvalue weighted by molar-refractivity contribution is 9.10. The number of benzene rings is 2. The highest BCUT2D eigenvalue weighted by Gasteiger charge is 2.23. The standard InChI is InChI=1S/C16H16BrNO/c17-15-4-2-1-3-14(15)16(18)11-5-7-12(8-6-11)19-13-9-10-13/h1-8,13,16H,9-10,18H2. The molecule has 98 valence electrons. The summed E-state index contributed by atoms with van der Waals surface area (Å²) in [6.45, 7) is 0. The Morgan fingerprint density at radius 3 is 2.37 bits per heavy atom. The van der Waals surface area contributed by atoms with Crippen LogP contribution in [0.5, 0.6) is 5.75 Å². The Morgan fingerprint density at radius 2 is 1.74 bits per heavy atom. The van der Waals surface area contributed by atoms with Crippen LogP contribution in [0, 0.1) is 0 Å². The predicted octanol–water partition coefficient (Wildman–Crippen LogP) is 4.04. The molecule has 1 saturated carbocycles. The van der Waals surface area contributed by atoms with Crippen LogP contribution in [0.25, 0.3) is 0 Å². The molecule has 2 aromatic rings. The number of hydrogen-bond donors (Lipinski definition) is 1. The van der Waals surface area contributed by atoms with Gasteiger partial charge in [0.05, 0.1) is 12.1 Å². The zero-order valence-corrected chi connectivity index (χ0v) is 12.1. The third kappa shape index (κ3) is 2.99. The number of halogens is 1. The fourth-order valence-electron chi connectivity index (χ4n) is 2.04. The third-order valence-electron chi connectivity index (χ3n) is 3.31. The van der Waals surface area contributed by atoms with Crippen LogP contribution in [-0.4, -0.2) is 6.10 Å². The zero-order valence-electron chi connectivity index (χ0n) is 10.6. The van der Waals surface area contributed by atoms with Crippen LogP contribution in [0.3, 0.4) is 0 Å². The molecule has 1 aliphatic carbocycles. The van der Waals surface area contributed by atoms with E-state index in [4.69, 9.17) is 10.5 Å². The van der Waals surface area contributed by atoms with Gasteiger partial charge >= 0.3 is 0 Å². The van der Waals surface area contributed by atoms with Crippen LogP contribution in [0.1, 0.15) is 30.0 Å². The van der Waals surface area contributed by atoms with Crippen LogP contribution in [0.15, 0.2) is 53.0 Å². The monoisotopic (exact) mass is 317 g/mol. The molecule has 3 rings (SSSR count). The molecule has 0 aliphatic heterocycles. The highest BCUT2D eigenvalue weighted by Crippen LogP contribution is 2.30. The molecule has 1 atom stereocenters. The van der Waals surface area contributed by atoms with Gasteiger partial charge < -0.3 is 10.5 Å². The van der Waals surface area contributed by atoms with E-state index < -0.39 is 0 Å². The first-order valence-electron chi connectivity index (χ1n) is 6.50. The summed E-state index contributed by atoms with van der Waals surface area (Å²) in [6, 6.07) is 16.0. The van der Waals surface area contributed by atoms with Gasteiger partial charge in [-0.2, -0.15) is 0 Å². The van der Waals surface area contributed by atoms with E-state index in [0.29, 0.717) is 6.10 Å². The Morgan fingerprint density at radius 1 is 1.05 bits per heavy atom. The Balaban J connectivity index is 1.79. The average molecular weight is 318 g/mol. The third-order valence-corrected chi connectivity index (χ3v) is 4.03. The Bertz CT molecular complexity index is 563. The zero-order chi connectivity index (χ0) is 13.2. The maximum Gasteiger partial charge on any atom is 0.119 e. The van der Waals surface area contributed by atoms with Gasteiger partial charge in [0.2, 0.25) is 0 Å². The van der Waals surface area contributed by atoms with Crippen molar-refractivity contribution in [3.05, 3.63) is 64.1 Å². The second-order valence-electron chi connectivity index (χ2n) is 4.89. The lowest BCUT2D eigenvalue weighted by molar-refractivity contribution is 0.303. The van der Waals surface area contributed by atoms with E-state index in [1.165, 1.54) is 12.8 Å². The van der Waals surface area contributed by atoms with Crippen molar-refractivity contribution in [2.24, 2.45) is 5.73 Å². The SMILES string of the molecule is NC(c1ccc(OC2CC2)cc1)c1ccccc1Br. The summed E-state index contributed by atoms with van der Waals surface area (Å²) in [6.07, 6.45) is 2.79. The first-order valence-corrected chi connectivity index (χ1v) is 7.30. The summed E-state index contributed by atoms with van der Waals surface area (Å²) in [5.74, 6) is 0.936. The maximum absolute atomic E-state index is 6.31. The van der Waals surface area contributed by atoms with Crippen molar-refractivity contribution >= 4 is 15.9 Å². The molecule has 0 radical (unpaired) electrons. The lowest BCUT2D eigenvalue weighted by Crippen LogP contribution is -2.12. The molecule has 1 unspecified atom stereocenters. The van der Waals surface area contributed by atoms with Gasteiger partial charge in [-0.1, -0.05) is 46.3 Å². The largest absolute Gasteiger partial charge is 0.490 e. The van der Waals surface area contributed by atoms with Gasteiger partial charge in [0, 0.05) is 4.47 Å². The maximum atomic E-state index is 6.31. The van der Waals surface area contributed by atoms with Crippen molar-refractivity contribution in [1.29, 1.82) is 0 Å². The summed E-state index contributed by atoms with van der Waals surface area (Å²) in [5, 5.41) is 0. The summed E-state index contributed by atoms with van der Waals surface area (Å²) < 4.78 is 6.78. The number of rotatable bonds is 4. The molecule has 1 aliphatic rings. The molecule has 0 amide bonds. The molecular formula is C16H16BrNO. The molecule has 0 spiro atoms. The van der Waals surface area contributed by atoms with Gasteiger partial charge in [-0.25, -0.2) is 0 Å². The van der Waals surface area contributed by atoms with E-state index in [-0.39, 0.29) is 6.04 Å². The van der Waals surface area contributed by atoms with E-state index in [0.717, 1.165) is 21.3 Å². The van der Waals surface area contributed by atoms with Gasteiger partial charge in [0.1, 0.15) is 5.75 Å². The van der Waals surface area contributed by atoms with Crippen LogP contribution in [0.4, 0.5) is 0 Å². The molecule has 0 saturated heterocycles. The molecule has 0 heterocycles. The van der Waals surface area contributed by atoms with Crippen LogP contribution in [-0.2, 0) is 0 Å². The molecule has 2 nitrogen and oxygen atoms in total. The Kier molecular flexibility index (Phi) is 3.58. The molecule has 0 bridgehead atoms. The fraction of sp³-hybridized carbons (Fsp3) is 0.250. The van der Waals surface area contributed by atoms with E-state index >= 15 is 0 Å². The van der Waals surface area contributed by atoms with Crippen molar-refractivity contribution in [1.82, 2.24) is 0 Å². The first kappa shape index (κ1) is 12.7. The number of nitrogens with two attached hydrogens (primary N) is 1. The van der Waals surface area contributed by atoms with E-state index in [1.54, 1.807) is 0 Å². The van der Waals surface area contributed by atoms with Crippen molar-refractivity contribution < 1.29 is 4.74 Å². The average Bonchev–Trinajstić information content (AvgIpc) is 3.23.